The monoisotopic (exact) mass is 859 g/mol. The number of piperidine rings is 2. The number of nitrogens with zero attached hydrogens (tertiary/aromatic N) is 7. The average Bonchev–Trinajstić information content (AvgIpc) is 4.00. The minimum absolute atomic E-state index is 0.0247. The van der Waals surface area contributed by atoms with Gasteiger partial charge < -0.3 is 25.8 Å². The highest BCUT2D eigenvalue weighted by atomic mass is 19.1. The molecule has 0 spiro atoms. The van der Waals surface area contributed by atoms with Crippen molar-refractivity contribution in [3.05, 3.63) is 107 Å². The Kier molecular flexibility index (Phi) is 11.2. The van der Waals surface area contributed by atoms with Gasteiger partial charge in [0.25, 0.3) is 17.7 Å². The molecule has 9 rings (SSSR count). The summed E-state index contributed by atoms with van der Waals surface area (Å²) in [5.74, 6) is -2.61. The highest BCUT2D eigenvalue weighted by Crippen LogP contribution is 2.37. The van der Waals surface area contributed by atoms with Crippen molar-refractivity contribution in [3.8, 4) is 0 Å². The number of nitrogens with one attached hydrogen (secondary N) is 4. The second-order valence-electron chi connectivity index (χ2n) is 16.0. The van der Waals surface area contributed by atoms with Crippen molar-refractivity contribution in [1.82, 2.24) is 34.7 Å². The van der Waals surface area contributed by atoms with E-state index >= 15 is 0 Å². The molecule has 2 aromatic carbocycles. The largest absolute Gasteiger partial charge is 0.385 e. The first-order valence-corrected chi connectivity index (χ1v) is 21.0. The normalized spacial score (nSPS) is 19.1. The van der Waals surface area contributed by atoms with E-state index in [1.807, 2.05) is 9.80 Å². The van der Waals surface area contributed by atoms with E-state index in [9.17, 15) is 37.5 Å². The van der Waals surface area contributed by atoms with Gasteiger partial charge in [0, 0.05) is 62.5 Å². The topological polar surface area (TPSA) is 203 Å². The number of fused-ring (bicyclic) bond motifs is 2. The lowest BCUT2D eigenvalue weighted by molar-refractivity contribution is -0.136. The minimum atomic E-state index is -1.03. The number of carbonyl (C=O) groups excluding carboxylic acids is 6. The number of rotatable bonds is 12. The van der Waals surface area contributed by atoms with E-state index in [2.05, 4.69) is 31.3 Å². The number of aromatic nitrogens is 4. The molecule has 19 heteroatoms. The van der Waals surface area contributed by atoms with Gasteiger partial charge in [-0.1, -0.05) is 6.07 Å². The maximum Gasteiger partial charge on any atom is 0.274 e. The third-order valence-electron chi connectivity index (χ3n) is 12.0. The van der Waals surface area contributed by atoms with Crippen LogP contribution in [-0.4, -0.2) is 103 Å². The number of anilines is 4. The molecule has 4 aliphatic heterocycles. The zero-order chi connectivity index (χ0) is 43.8. The van der Waals surface area contributed by atoms with Gasteiger partial charge in [0.15, 0.2) is 5.65 Å². The van der Waals surface area contributed by atoms with Gasteiger partial charge in [-0.05, 0) is 93.1 Å². The molecule has 1 unspecified atom stereocenters. The third kappa shape index (κ3) is 8.37. The number of carbonyl (C=O) groups is 6. The van der Waals surface area contributed by atoms with E-state index in [0.717, 1.165) is 23.5 Å². The molecule has 3 saturated heterocycles. The van der Waals surface area contributed by atoms with Gasteiger partial charge in [-0.25, -0.2) is 23.3 Å². The van der Waals surface area contributed by atoms with Crippen LogP contribution < -0.4 is 26.2 Å². The Morgan fingerprint density at radius 3 is 2.51 bits per heavy atom. The summed E-state index contributed by atoms with van der Waals surface area (Å²) in [7, 11) is 0. The molecule has 5 aromatic rings. The quantitative estimate of drug-likeness (QED) is 0.0998. The molecule has 7 heterocycles. The van der Waals surface area contributed by atoms with E-state index < -0.39 is 53.3 Å². The van der Waals surface area contributed by atoms with Crippen molar-refractivity contribution in [3.63, 3.8) is 0 Å². The summed E-state index contributed by atoms with van der Waals surface area (Å²) in [6.07, 6.45) is 6.94. The highest BCUT2D eigenvalue weighted by Gasteiger charge is 2.44. The fraction of sp³-hybridized carbons (Fsp3) is 0.341. The second kappa shape index (κ2) is 17.2. The number of amides is 6. The molecule has 4 N–H and O–H groups in total. The van der Waals surface area contributed by atoms with Crippen molar-refractivity contribution in [2.24, 2.45) is 0 Å². The van der Waals surface area contributed by atoms with Crippen LogP contribution in [0.15, 0.2) is 73.1 Å². The molecule has 0 saturated carbocycles. The molecular formula is C44H43F2N11O6. The number of halogens is 2. The lowest BCUT2D eigenvalue weighted by atomic mass is 10.0. The fourth-order valence-electron chi connectivity index (χ4n) is 8.76. The van der Waals surface area contributed by atoms with E-state index in [0.29, 0.717) is 86.9 Å². The van der Waals surface area contributed by atoms with E-state index in [-0.39, 0.29) is 47.2 Å². The zero-order valence-electron chi connectivity index (χ0n) is 34.0. The van der Waals surface area contributed by atoms with Crippen LogP contribution >= 0.6 is 0 Å². The van der Waals surface area contributed by atoms with Crippen molar-refractivity contribution < 1.29 is 37.5 Å². The Hall–Kier alpha value is -7.31. The van der Waals surface area contributed by atoms with Crippen LogP contribution in [0.1, 0.15) is 94.2 Å². The molecular weight excluding hydrogens is 817 g/mol. The number of likely N-dealkylation sites (tertiary alicyclic amines) is 1. The fourth-order valence-corrected chi connectivity index (χ4v) is 8.76. The average molecular weight is 860 g/mol. The van der Waals surface area contributed by atoms with Crippen LogP contribution in [0.5, 0.6) is 0 Å². The number of hydrogen-bond donors (Lipinski definition) is 4. The first kappa shape index (κ1) is 41.1. The Morgan fingerprint density at radius 1 is 0.857 bits per heavy atom. The summed E-state index contributed by atoms with van der Waals surface area (Å²) in [6, 6.07) is 13.7. The minimum Gasteiger partial charge on any atom is -0.385 e. The van der Waals surface area contributed by atoms with Crippen LogP contribution in [0, 0.1) is 11.6 Å². The number of hydrogen-bond acceptors (Lipinski definition) is 12. The molecule has 2 atom stereocenters. The van der Waals surface area contributed by atoms with Crippen LogP contribution in [0.4, 0.5) is 31.8 Å². The summed E-state index contributed by atoms with van der Waals surface area (Å²) in [6.45, 7) is 2.15. The van der Waals surface area contributed by atoms with Gasteiger partial charge in [0.2, 0.25) is 17.7 Å². The maximum absolute atomic E-state index is 14.7. The molecule has 6 amide bonds. The molecule has 0 bridgehead atoms. The predicted molar refractivity (Wildman–Crippen MR) is 225 cm³/mol. The molecule has 3 aromatic heterocycles. The van der Waals surface area contributed by atoms with E-state index in [1.165, 1.54) is 16.8 Å². The summed E-state index contributed by atoms with van der Waals surface area (Å²) >= 11 is 0. The first-order valence-electron chi connectivity index (χ1n) is 21.0. The van der Waals surface area contributed by atoms with Gasteiger partial charge in [-0.3, -0.25) is 39.0 Å². The SMILES string of the molecule is O=C1CCC(N2C(=O)c3ccc(NCCCC(=O)N4CCC(Nc5cccc(C(=O)Nc6cnn7ccc(N8CCC[C@@H]8c8cc(F)ccc8F)nc67)n5)CC4)cc3C2=O)C(=O)N1. The van der Waals surface area contributed by atoms with Gasteiger partial charge >= 0.3 is 0 Å². The molecule has 4 aliphatic rings. The standard InChI is InChI=1S/C44H43F2N11O6/c45-25-8-11-31(46)30(22-25)34-5-3-18-55(34)37-16-21-56-40(52-37)33(24-48-56)51-41(60)32-4-1-6-36(50-32)49-26-14-19-54(20-15-26)39(59)7-2-17-47-27-9-10-28-29(23-27)44(63)57(43(28)62)35-12-13-38(58)53-42(35)61/h1,4,6,8-11,16,21-24,26,34-35,47H,2-3,5,7,12-15,17-20H2,(H,49,50)(H,51,60)(H,53,58,61)/t34-,35?/m1/s1. The summed E-state index contributed by atoms with van der Waals surface area (Å²) in [5, 5.41) is 16.0. The number of benzene rings is 2. The van der Waals surface area contributed by atoms with Gasteiger partial charge in [0.05, 0.1) is 23.4 Å². The van der Waals surface area contributed by atoms with Crippen molar-refractivity contribution in [2.45, 2.75) is 69.5 Å². The summed E-state index contributed by atoms with van der Waals surface area (Å²) in [4.78, 5) is 90.6. The summed E-state index contributed by atoms with van der Waals surface area (Å²) in [5.41, 5.74) is 2.17. The third-order valence-corrected chi connectivity index (χ3v) is 12.0. The Balaban J connectivity index is 0.739. The van der Waals surface area contributed by atoms with Crippen molar-refractivity contribution in [2.75, 3.05) is 47.0 Å². The lowest BCUT2D eigenvalue weighted by Gasteiger charge is -2.32. The van der Waals surface area contributed by atoms with Crippen LogP contribution in [0.2, 0.25) is 0 Å². The van der Waals surface area contributed by atoms with Gasteiger partial charge in [0.1, 0.15) is 40.7 Å². The van der Waals surface area contributed by atoms with E-state index in [1.54, 1.807) is 48.7 Å². The smallest absolute Gasteiger partial charge is 0.274 e. The van der Waals surface area contributed by atoms with Gasteiger partial charge in [-0.15, -0.1) is 0 Å². The highest BCUT2D eigenvalue weighted by molar-refractivity contribution is 6.23. The molecule has 63 heavy (non-hydrogen) atoms. The Morgan fingerprint density at radius 2 is 1.68 bits per heavy atom. The van der Waals surface area contributed by atoms with Crippen molar-refractivity contribution >= 4 is 64.1 Å². The maximum atomic E-state index is 14.7. The molecule has 0 aliphatic carbocycles. The molecule has 3 fully saturated rings. The lowest BCUT2D eigenvalue weighted by Crippen LogP contribution is -2.54. The molecule has 324 valence electrons. The first-order chi connectivity index (χ1) is 30.5. The van der Waals surface area contributed by atoms with Crippen LogP contribution in [0.3, 0.4) is 0 Å². The number of imide groups is 2. The second-order valence-corrected chi connectivity index (χ2v) is 16.0. The van der Waals surface area contributed by atoms with E-state index in [4.69, 9.17) is 4.98 Å². The Labute approximate surface area is 359 Å². The predicted octanol–water partition coefficient (Wildman–Crippen LogP) is 4.69. The Bertz CT molecular complexity index is 2670. The molecule has 17 nitrogen and oxygen atoms in total. The summed E-state index contributed by atoms with van der Waals surface area (Å²) < 4.78 is 30.3. The van der Waals surface area contributed by atoms with Crippen LogP contribution in [-0.2, 0) is 14.4 Å². The zero-order valence-corrected chi connectivity index (χ0v) is 34.0. The van der Waals surface area contributed by atoms with Crippen LogP contribution in [0.25, 0.3) is 5.65 Å². The van der Waals surface area contributed by atoms with Gasteiger partial charge in [-0.2, -0.15) is 5.10 Å². The molecule has 0 radical (unpaired) electrons. The van der Waals surface area contributed by atoms with Crippen molar-refractivity contribution in [1.29, 1.82) is 0 Å². The number of pyridine rings is 1.